The van der Waals surface area contributed by atoms with Gasteiger partial charge >= 0.3 is 0 Å². The first kappa shape index (κ1) is 13.9. The number of benzene rings is 1. The molecule has 0 fully saturated rings. The van der Waals surface area contributed by atoms with Crippen molar-refractivity contribution < 1.29 is 0 Å². The van der Waals surface area contributed by atoms with Crippen LogP contribution in [0.4, 0.5) is 0 Å². The molecular weight excluding hydrogens is 260 g/mol. The number of hydrogen-bond acceptors (Lipinski definition) is 2. The van der Waals surface area contributed by atoms with Crippen LogP contribution in [0.3, 0.4) is 0 Å². The molecule has 0 aliphatic heterocycles. The largest absolute Gasteiger partial charge is 0.347 e. The van der Waals surface area contributed by atoms with Gasteiger partial charge in [0.2, 0.25) is 0 Å². The molecule has 4 heteroatoms. The van der Waals surface area contributed by atoms with Crippen molar-refractivity contribution in [1.29, 1.82) is 0 Å². The van der Waals surface area contributed by atoms with E-state index in [1.165, 1.54) is 22.2 Å². The quantitative estimate of drug-likeness (QED) is 0.754. The number of rotatable bonds is 6. The number of para-hydroxylation sites is 1. The topological polar surface area (TPSA) is 34.8 Å². The summed E-state index contributed by atoms with van der Waals surface area (Å²) in [6, 6.07) is 10.7. The zero-order valence-electron chi connectivity index (χ0n) is 12.7. The standard InChI is InChI=1S/C17H22N4/c1-3-18-12-14-13-21(17-7-5-4-6-16(14)17)11-9-15-8-10-19-20(15)2/h4-8,10,13,18H,3,9,11-12H2,1-2H3. The lowest BCUT2D eigenvalue weighted by Crippen LogP contribution is -2.11. The summed E-state index contributed by atoms with van der Waals surface area (Å²) in [6.07, 6.45) is 5.14. The summed E-state index contributed by atoms with van der Waals surface area (Å²) < 4.78 is 4.31. The second-order valence-electron chi connectivity index (χ2n) is 5.34. The van der Waals surface area contributed by atoms with Gasteiger partial charge in [0.15, 0.2) is 0 Å². The van der Waals surface area contributed by atoms with Gasteiger partial charge < -0.3 is 9.88 Å². The minimum atomic E-state index is 0.926. The number of hydrogen-bond donors (Lipinski definition) is 1. The fraction of sp³-hybridized carbons (Fsp3) is 0.353. The lowest BCUT2D eigenvalue weighted by Gasteiger charge is -2.05. The molecule has 0 atom stereocenters. The molecule has 2 heterocycles. The maximum Gasteiger partial charge on any atom is 0.0492 e. The molecule has 0 aliphatic rings. The van der Waals surface area contributed by atoms with Gasteiger partial charge in [0.25, 0.3) is 0 Å². The van der Waals surface area contributed by atoms with Crippen molar-refractivity contribution in [2.45, 2.75) is 26.4 Å². The van der Waals surface area contributed by atoms with E-state index in [-0.39, 0.29) is 0 Å². The molecular formula is C17H22N4. The number of nitrogens with one attached hydrogen (secondary N) is 1. The molecule has 21 heavy (non-hydrogen) atoms. The number of nitrogens with zero attached hydrogens (tertiary/aromatic N) is 3. The fourth-order valence-corrected chi connectivity index (χ4v) is 2.79. The summed E-state index contributed by atoms with van der Waals surface area (Å²) in [4.78, 5) is 0. The highest BCUT2D eigenvalue weighted by Gasteiger charge is 2.08. The monoisotopic (exact) mass is 282 g/mol. The van der Waals surface area contributed by atoms with Crippen molar-refractivity contribution in [1.82, 2.24) is 19.7 Å². The molecule has 1 aromatic carbocycles. The maximum absolute atomic E-state index is 4.23. The summed E-state index contributed by atoms with van der Waals surface area (Å²) in [5.41, 5.74) is 3.95. The zero-order chi connectivity index (χ0) is 14.7. The first-order valence-electron chi connectivity index (χ1n) is 7.54. The second kappa shape index (κ2) is 6.14. The molecule has 110 valence electrons. The Hall–Kier alpha value is -2.07. The van der Waals surface area contributed by atoms with Crippen LogP contribution in [0.5, 0.6) is 0 Å². The molecule has 3 aromatic rings. The van der Waals surface area contributed by atoms with Crippen molar-refractivity contribution in [2.75, 3.05) is 6.54 Å². The SMILES string of the molecule is CCNCc1cn(CCc2ccnn2C)c2ccccc12. The Balaban J connectivity index is 1.86. The summed E-state index contributed by atoms with van der Waals surface area (Å²) in [6.45, 7) is 5.04. The molecule has 0 aliphatic carbocycles. The van der Waals surface area contributed by atoms with Crippen LogP contribution in [0, 0.1) is 0 Å². The van der Waals surface area contributed by atoms with Crippen LogP contribution in [-0.2, 0) is 26.6 Å². The van der Waals surface area contributed by atoms with Crippen molar-refractivity contribution in [3.63, 3.8) is 0 Å². The molecule has 0 bridgehead atoms. The van der Waals surface area contributed by atoms with Crippen LogP contribution in [0.15, 0.2) is 42.7 Å². The third-order valence-corrected chi connectivity index (χ3v) is 3.97. The van der Waals surface area contributed by atoms with Gasteiger partial charge in [-0.15, -0.1) is 0 Å². The first-order valence-corrected chi connectivity index (χ1v) is 7.54. The summed E-state index contributed by atoms with van der Waals surface area (Å²) in [5.74, 6) is 0. The second-order valence-corrected chi connectivity index (χ2v) is 5.34. The van der Waals surface area contributed by atoms with Gasteiger partial charge in [-0.05, 0) is 24.2 Å². The molecule has 2 aromatic heterocycles. The van der Waals surface area contributed by atoms with Gasteiger partial charge in [0.1, 0.15) is 0 Å². The van der Waals surface area contributed by atoms with E-state index in [9.17, 15) is 0 Å². The van der Waals surface area contributed by atoms with Crippen molar-refractivity contribution in [3.8, 4) is 0 Å². The molecule has 0 radical (unpaired) electrons. The fourth-order valence-electron chi connectivity index (χ4n) is 2.79. The summed E-state index contributed by atoms with van der Waals surface area (Å²) in [7, 11) is 2.00. The lowest BCUT2D eigenvalue weighted by atomic mass is 10.2. The van der Waals surface area contributed by atoms with Crippen LogP contribution < -0.4 is 5.32 Å². The van der Waals surface area contributed by atoms with Gasteiger partial charge in [0.05, 0.1) is 0 Å². The predicted molar refractivity (Wildman–Crippen MR) is 86.2 cm³/mol. The molecule has 4 nitrogen and oxygen atoms in total. The first-order chi connectivity index (χ1) is 10.3. The Morgan fingerprint density at radius 2 is 2.05 bits per heavy atom. The van der Waals surface area contributed by atoms with Crippen LogP contribution in [0.25, 0.3) is 10.9 Å². The third kappa shape index (κ3) is 2.85. The normalized spacial score (nSPS) is 11.3. The highest BCUT2D eigenvalue weighted by Crippen LogP contribution is 2.21. The van der Waals surface area contributed by atoms with Gasteiger partial charge in [-0.1, -0.05) is 25.1 Å². The molecule has 3 rings (SSSR count). The van der Waals surface area contributed by atoms with E-state index in [2.05, 4.69) is 58.4 Å². The van der Waals surface area contributed by atoms with E-state index in [1.807, 2.05) is 17.9 Å². The molecule has 0 amide bonds. The van der Waals surface area contributed by atoms with E-state index in [4.69, 9.17) is 0 Å². The molecule has 1 N–H and O–H groups in total. The minimum Gasteiger partial charge on any atom is -0.347 e. The van der Waals surface area contributed by atoms with Gasteiger partial charge in [-0.3, -0.25) is 4.68 Å². The lowest BCUT2D eigenvalue weighted by molar-refractivity contribution is 0.646. The van der Waals surface area contributed by atoms with E-state index in [1.54, 1.807) is 0 Å². The van der Waals surface area contributed by atoms with Crippen LogP contribution in [-0.4, -0.2) is 20.9 Å². The molecule has 0 saturated heterocycles. The van der Waals surface area contributed by atoms with Crippen molar-refractivity contribution >= 4 is 10.9 Å². The van der Waals surface area contributed by atoms with Crippen LogP contribution in [0.1, 0.15) is 18.2 Å². The van der Waals surface area contributed by atoms with Gasteiger partial charge in [0, 0.05) is 55.5 Å². The molecule has 0 spiro atoms. The maximum atomic E-state index is 4.23. The summed E-state index contributed by atoms with van der Waals surface area (Å²) in [5, 5.41) is 9.01. The smallest absolute Gasteiger partial charge is 0.0492 e. The average molecular weight is 282 g/mol. The average Bonchev–Trinajstić information content (AvgIpc) is 3.07. The Bertz CT molecular complexity index is 723. The number of fused-ring (bicyclic) bond motifs is 1. The van der Waals surface area contributed by atoms with Gasteiger partial charge in [-0.2, -0.15) is 5.10 Å². The van der Waals surface area contributed by atoms with Crippen molar-refractivity contribution in [2.24, 2.45) is 7.05 Å². The number of aryl methyl sites for hydroxylation is 3. The van der Waals surface area contributed by atoms with E-state index >= 15 is 0 Å². The zero-order valence-corrected chi connectivity index (χ0v) is 12.7. The molecule has 0 unspecified atom stereocenters. The third-order valence-electron chi connectivity index (χ3n) is 3.97. The number of aromatic nitrogens is 3. The van der Waals surface area contributed by atoms with E-state index in [0.29, 0.717) is 0 Å². The summed E-state index contributed by atoms with van der Waals surface area (Å²) >= 11 is 0. The Morgan fingerprint density at radius 1 is 1.19 bits per heavy atom. The highest BCUT2D eigenvalue weighted by molar-refractivity contribution is 5.83. The molecule has 0 saturated carbocycles. The van der Waals surface area contributed by atoms with Crippen LogP contribution >= 0.6 is 0 Å². The van der Waals surface area contributed by atoms with Crippen molar-refractivity contribution in [3.05, 3.63) is 54.0 Å². The Morgan fingerprint density at radius 3 is 2.81 bits per heavy atom. The Kier molecular flexibility index (Phi) is 4.06. The predicted octanol–water partition coefficient (Wildman–Crippen LogP) is 2.73. The minimum absolute atomic E-state index is 0.926. The van der Waals surface area contributed by atoms with Crippen LogP contribution in [0.2, 0.25) is 0 Å². The highest BCUT2D eigenvalue weighted by atomic mass is 15.3. The Labute approximate surface area is 125 Å². The van der Waals surface area contributed by atoms with E-state index in [0.717, 1.165) is 26.1 Å². The van der Waals surface area contributed by atoms with Gasteiger partial charge in [-0.25, -0.2) is 0 Å². The van der Waals surface area contributed by atoms with E-state index < -0.39 is 0 Å².